The van der Waals surface area contributed by atoms with Crippen LogP contribution in [0.25, 0.3) is 197 Å². The molecule has 0 aliphatic carbocycles. The lowest BCUT2D eigenvalue weighted by molar-refractivity contribution is 0.602. The molecule has 0 radical (unpaired) electrons. The molecule has 9 aromatic heterocycles. The second kappa shape index (κ2) is 23.5. The van der Waals surface area contributed by atoms with Gasteiger partial charge >= 0.3 is 0 Å². The maximum absolute atomic E-state index is 5.49. The Hall–Kier alpha value is -14.1. The Morgan fingerprint density at radius 1 is 0.255 bits per heavy atom. The van der Waals surface area contributed by atoms with Crippen LogP contribution in [0.3, 0.4) is 0 Å². The zero-order valence-electron chi connectivity index (χ0n) is 57.2. The summed E-state index contributed by atoms with van der Waals surface area (Å²) in [6.45, 7) is 0. The molecule has 0 fully saturated rings. The predicted octanol–water partition coefficient (Wildman–Crippen LogP) is 24.3. The van der Waals surface area contributed by atoms with Crippen molar-refractivity contribution in [3.05, 3.63) is 346 Å². The molecule has 24 rings (SSSR count). The first kappa shape index (κ1) is 59.6. The topological polar surface area (TPSA) is 86.3 Å². The predicted molar refractivity (Wildman–Crippen MR) is 440 cm³/mol. The van der Waals surface area contributed by atoms with Crippen LogP contribution in [0.2, 0.25) is 0 Å². The number of hydrogen-bond donors (Lipinski definition) is 0. The fourth-order valence-electron chi connectivity index (χ4n) is 17.0. The molecule has 12 heteroatoms. The van der Waals surface area contributed by atoms with Gasteiger partial charge in [-0.15, -0.1) is 11.3 Å². The smallest absolute Gasteiger partial charge is 0.181 e. The van der Waals surface area contributed by atoms with Crippen LogP contribution in [0.5, 0.6) is 0 Å². The minimum absolute atomic E-state index is 0.794. The number of imidazole rings is 1. The van der Waals surface area contributed by atoms with E-state index in [1.54, 1.807) is 11.3 Å². The Morgan fingerprint density at radius 2 is 0.604 bits per heavy atom. The van der Waals surface area contributed by atoms with Crippen molar-refractivity contribution in [3.63, 3.8) is 0 Å². The highest BCUT2D eigenvalue weighted by Gasteiger charge is 2.24. The molecule has 0 atom stereocenters. The van der Waals surface area contributed by atoms with Gasteiger partial charge in [0.25, 0.3) is 0 Å². The molecular formula is C94H60N10OS. The first-order chi connectivity index (χ1) is 52.5. The molecule has 0 bridgehead atoms. The van der Waals surface area contributed by atoms with Crippen LogP contribution in [0, 0.1) is 0 Å². The quantitative estimate of drug-likeness (QED) is 0.166. The van der Waals surface area contributed by atoms with Crippen molar-refractivity contribution in [2.45, 2.75) is 0 Å². The van der Waals surface area contributed by atoms with E-state index in [0.717, 1.165) is 44.7 Å². The molecule has 0 saturated heterocycles. The first-order valence-electron chi connectivity index (χ1n) is 35.7. The van der Waals surface area contributed by atoms with E-state index < -0.39 is 0 Å². The molecule has 0 amide bonds. The molecule has 15 aromatic carbocycles. The minimum Gasteiger partial charge on any atom is -0.443 e. The molecule has 0 unspecified atom stereocenters. The van der Waals surface area contributed by atoms with Crippen molar-refractivity contribution in [1.82, 2.24) is 46.9 Å². The van der Waals surface area contributed by atoms with Crippen molar-refractivity contribution < 1.29 is 4.42 Å². The zero-order valence-corrected chi connectivity index (χ0v) is 58.0. The number of fused-ring (bicyclic) bond motifs is 21. The lowest BCUT2D eigenvalue weighted by atomic mass is 10.1. The van der Waals surface area contributed by atoms with Gasteiger partial charge in [-0.05, 0) is 158 Å². The van der Waals surface area contributed by atoms with Gasteiger partial charge < -0.3 is 36.4 Å². The van der Waals surface area contributed by atoms with E-state index in [9.17, 15) is 0 Å². The summed E-state index contributed by atoms with van der Waals surface area (Å²) in [7, 11) is 2.04. The van der Waals surface area contributed by atoms with Crippen LogP contribution in [0.15, 0.2) is 350 Å². The largest absolute Gasteiger partial charge is 0.443 e. The molecule has 0 aliphatic heterocycles. The number of nitrogens with zero attached hydrogens (tertiary/aromatic N) is 10. The van der Waals surface area contributed by atoms with Crippen LogP contribution in [0.4, 0.5) is 0 Å². The Labute approximate surface area is 609 Å². The summed E-state index contributed by atoms with van der Waals surface area (Å²) in [6, 6.07) is 117. The van der Waals surface area contributed by atoms with Crippen LogP contribution < -0.4 is 0 Å². The highest BCUT2D eigenvalue weighted by Crippen LogP contribution is 2.45. The highest BCUT2D eigenvalue weighted by atomic mass is 32.1. The summed E-state index contributed by atoms with van der Waals surface area (Å²) < 4.78 is 23.0. The average Bonchev–Trinajstić information content (AvgIpc) is 1.57. The number of aryl methyl sites for hydroxylation is 1. The van der Waals surface area contributed by atoms with Gasteiger partial charge in [0.15, 0.2) is 12.0 Å². The Kier molecular flexibility index (Phi) is 13.2. The molecular weight excluding hydrogens is 1320 g/mol. The minimum atomic E-state index is 0.794. The van der Waals surface area contributed by atoms with Crippen molar-refractivity contribution in [2.24, 2.45) is 7.05 Å². The van der Waals surface area contributed by atoms with Crippen molar-refractivity contribution in [3.8, 4) is 34.1 Å². The number of aromatic nitrogens is 10. The van der Waals surface area contributed by atoms with Gasteiger partial charge in [0.05, 0.1) is 99.5 Å². The maximum Gasteiger partial charge on any atom is 0.181 e. The van der Waals surface area contributed by atoms with Gasteiger partial charge in [-0.1, -0.05) is 170 Å². The maximum atomic E-state index is 5.49. The van der Waals surface area contributed by atoms with E-state index in [4.69, 9.17) is 9.40 Å². The molecule has 24 aromatic rings. The number of para-hydroxylation sites is 10. The fourth-order valence-corrected chi connectivity index (χ4v) is 17.7. The summed E-state index contributed by atoms with van der Waals surface area (Å²) in [6.07, 6.45) is 3.38. The van der Waals surface area contributed by atoms with Crippen molar-refractivity contribution in [2.75, 3.05) is 0 Å². The van der Waals surface area contributed by atoms with Gasteiger partial charge in [0, 0.05) is 100 Å². The summed E-state index contributed by atoms with van der Waals surface area (Å²) in [4.78, 5) is 13.8. The van der Waals surface area contributed by atoms with Gasteiger partial charge in [0.2, 0.25) is 0 Å². The average molecular weight is 1380 g/mol. The monoisotopic (exact) mass is 1380 g/mol. The van der Waals surface area contributed by atoms with Gasteiger partial charge in [-0.3, -0.25) is 0 Å². The summed E-state index contributed by atoms with van der Waals surface area (Å²) >= 11 is 1.69. The van der Waals surface area contributed by atoms with Crippen molar-refractivity contribution >= 4 is 175 Å². The van der Waals surface area contributed by atoms with E-state index in [-0.39, 0.29) is 0 Å². The Bertz CT molecular complexity index is 7670. The van der Waals surface area contributed by atoms with E-state index in [2.05, 4.69) is 363 Å². The summed E-state index contributed by atoms with van der Waals surface area (Å²) in [5.41, 5.74) is 28.1. The highest BCUT2D eigenvalue weighted by molar-refractivity contribution is 7.16. The lowest BCUT2D eigenvalue weighted by Gasteiger charge is -2.09. The second-order valence-electron chi connectivity index (χ2n) is 27.3. The molecule has 106 heavy (non-hydrogen) atoms. The molecule has 498 valence electrons. The van der Waals surface area contributed by atoms with E-state index in [1.807, 2.05) is 25.0 Å². The third kappa shape index (κ3) is 9.01. The van der Waals surface area contributed by atoms with Crippen LogP contribution >= 0.6 is 11.3 Å². The molecule has 9 heterocycles. The molecule has 0 spiro atoms. The van der Waals surface area contributed by atoms with Gasteiger partial charge in [0.1, 0.15) is 11.0 Å². The third-order valence-electron chi connectivity index (χ3n) is 21.6. The first-order valence-corrected chi connectivity index (χ1v) is 36.5. The standard InChI is InChI=1S/C32H22N4.C31H19N3O.C31H19N3S/c1-34-20-33-27-17-22(15-16-30(27)34)36-29-14-8-6-12-24(29)26-18-31-25(19-32(26)36)23-11-5-7-13-28(23)35(31)21-9-3-2-4-10-21;1-2-8-20(9-3-1)33-27-12-6-4-10-22(27)24-18-30-25(17-29(24)33)23-11-5-7-13-28(23)34(30)21-14-15-31-26(16-21)32-19-35-31;1-2-9-20(10-3-1)33-25-13-6-4-11-21(25)23-18-29-24(17-28(23)33)22-12-5-7-14-26(22)34(29)27-15-8-16-30-31(27)32-19-35-30/h2-20H,1H3;2*1-19H. The van der Waals surface area contributed by atoms with E-state index in [1.165, 1.54) is 159 Å². The van der Waals surface area contributed by atoms with Gasteiger partial charge in [-0.25, -0.2) is 15.0 Å². The number of oxazole rings is 1. The van der Waals surface area contributed by atoms with Crippen LogP contribution in [-0.4, -0.2) is 46.9 Å². The fraction of sp³-hybridized carbons (Fsp3) is 0.0106. The van der Waals surface area contributed by atoms with E-state index >= 15 is 0 Å². The SMILES string of the molecule is Cn1cnc2cc(-n3c4ccccc4c4cc5c(cc43)c3ccccc3n5-c3ccccc3)ccc21.c1ccc(-n2c3ccccc3c3cc4c(cc32)c2ccccc2n4-c2ccc3ocnc3c2)cc1.c1ccc(-n2c3ccccc3c3cc4c(cc32)c2ccccc2n4-c2cccc3scnc23)cc1. The van der Waals surface area contributed by atoms with Gasteiger partial charge in [-0.2, -0.15) is 0 Å². The number of hydrogen-bond acceptors (Lipinski definition) is 5. The number of thiazole rings is 1. The second-order valence-corrected chi connectivity index (χ2v) is 28.2. The molecule has 0 aliphatic rings. The molecule has 0 saturated carbocycles. The van der Waals surface area contributed by atoms with E-state index in [0.29, 0.717) is 0 Å². The Balaban J connectivity index is 0.0000000992. The van der Waals surface area contributed by atoms with Crippen molar-refractivity contribution in [1.29, 1.82) is 0 Å². The summed E-state index contributed by atoms with van der Waals surface area (Å²) in [5, 5.41) is 15.0. The molecule has 11 nitrogen and oxygen atoms in total. The number of benzene rings is 15. The van der Waals surface area contributed by atoms with Crippen LogP contribution in [-0.2, 0) is 7.05 Å². The third-order valence-corrected chi connectivity index (χ3v) is 22.4. The zero-order chi connectivity index (χ0) is 69.7. The lowest BCUT2D eigenvalue weighted by Crippen LogP contribution is -1.95. The Morgan fingerprint density at radius 3 is 1.02 bits per heavy atom. The summed E-state index contributed by atoms with van der Waals surface area (Å²) in [5.74, 6) is 0. The van der Waals surface area contributed by atoms with Crippen LogP contribution in [0.1, 0.15) is 0 Å². The molecule has 0 N–H and O–H groups in total. The number of rotatable bonds is 6. The normalized spacial score (nSPS) is 12.0.